The molecule has 0 spiro atoms. The zero-order valence-electron chi connectivity index (χ0n) is 23.1. The third-order valence-corrected chi connectivity index (χ3v) is 6.83. The van der Waals surface area contributed by atoms with Crippen LogP contribution in [0, 0.1) is 0 Å². The highest BCUT2D eigenvalue weighted by Crippen LogP contribution is 2.33. The molecule has 14 heteroatoms. The number of unbranched alkanes of at least 4 members (excludes halogenated alkanes) is 1. The van der Waals surface area contributed by atoms with Gasteiger partial charge in [0.2, 0.25) is 0 Å². The number of amides is 2. The maximum atomic E-state index is 13.4. The van der Waals surface area contributed by atoms with E-state index in [0.717, 1.165) is 35.2 Å². The first-order valence-corrected chi connectivity index (χ1v) is 13.9. The van der Waals surface area contributed by atoms with Crippen molar-refractivity contribution in [1.82, 2.24) is 9.88 Å². The van der Waals surface area contributed by atoms with Gasteiger partial charge < -0.3 is 29.2 Å². The third kappa shape index (κ3) is 9.26. The second-order valence-electron chi connectivity index (χ2n) is 9.22. The van der Waals surface area contributed by atoms with E-state index in [1.165, 1.54) is 18.3 Å². The van der Waals surface area contributed by atoms with Gasteiger partial charge in [0.1, 0.15) is 17.9 Å². The van der Waals surface area contributed by atoms with Gasteiger partial charge in [-0.25, -0.2) is 4.79 Å². The highest BCUT2D eigenvalue weighted by molar-refractivity contribution is 7.16. The normalized spacial score (nSPS) is 12.9. The van der Waals surface area contributed by atoms with Crippen LogP contribution in [-0.4, -0.2) is 54.6 Å². The van der Waals surface area contributed by atoms with Crippen LogP contribution in [0.2, 0.25) is 0 Å². The van der Waals surface area contributed by atoms with E-state index in [0.29, 0.717) is 37.0 Å². The van der Waals surface area contributed by atoms with Crippen molar-refractivity contribution in [3.8, 4) is 5.75 Å². The van der Waals surface area contributed by atoms with Crippen LogP contribution >= 0.6 is 11.3 Å². The zero-order valence-corrected chi connectivity index (χ0v) is 23.9. The van der Waals surface area contributed by atoms with Gasteiger partial charge in [-0.3, -0.25) is 4.79 Å². The summed E-state index contributed by atoms with van der Waals surface area (Å²) >= 11 is 1.21. The quantitative estimate of drug-likeness (QED) is 0.227. The van der Waals surface area contributed by atoms with Crippen LogP contribution in [0.25, 0.3) is 10.2 Å². The number of rotatable bonds is 13. The Morgan fingerprint density at radius 2 is 2.02 bits per heavy atom. The van der Waals surface area contributed by atoms with Gasteiger partial charge in [0.25, 0.3) is 12.6 Å². The minimum Gasteiger partial charge on any atom is -0.490 e. The number of hydrogen-bond donors (Lipinski definition) is 2. The van der Waals surface area contributed by atoms with E-state index in [9.17, 15) is 27.9 Å². The summed E-state index contributed by atoms with van der Waals surface area (Å²) in [6.07, 6.45) is -0.422. The third-order valence-electron chi connectivity index (χ3n) is 5.77. The average Bonchev–Trinajstić information content (AvgIpc) is 3.27. The molecule has 1 aromatic carbocycles. The van der Waals surface area contributed by atoms with Gasteiger partial charge in [-0.15, -0.1) is 0 Å². The molecule has 3 rings (SSSR count). The lowest BCUT2D eigenvalue weighted by molar-refractivity contribution is -0.726. The number of hydrogen-bond acceptors (Lipinski definition) is 7. The molecule has 0 saturated carbocycles. The van der Waals surface area contributed by atoms with Crippen LogP contribution in [0.5, 0.6) is 5.75 Å². The molecular weight excluding hydrogens is 565 g/mol. The Kier molecular flexibility index (Phi) is 11.7. The number of halogens is 3. The van der Waals surface area contributed by atoms with Crippen molar-refractivity contribution in [3.63, 3.8) is 0 Å². The summed E-state index contributed by atoms with van der Waals surface area (Å²) in [4.78, 5) is 29.7. The van der Waals surface area contributed by atoms with Crippen LogP contribution in [0.15, 0.2) is 41.7 Å². The van der Waals surface area contributed by atoms with Crippen molar-refractivity contribution in [2.75, 3.05) is 26.9 Å². The van der Waals surface area contributed by atoms with Crippen LogP contribution in [0.3, 0.4) is 0 Å². The smallest absolute Gasteiger partial charge is 0.416 e. The second-order valence-corrected chi connectivity index (χ2v) is 10.2. The number of nitrogens with zero attached hydrogens (tertiary/aromatic N) is 3. The van der Waals surface area contributed by atoms with E-state index >= 15 is 0 Å². The fourth-order valence-corrected chi connectivity index (χ4v) is 4.72. The Balaban J connectivity index is 1.95. The number of pyridine rings is 1. The monoisotopic (exact) mass is 599 g/mol. The summed E-state index contributed by atoms with van der Waals surface area (Å²) in [7, 11) is 1.58. The lowest BCUT2D eigenvalue weighted by atomic mass is 10.1. The number of aromatic nitrogens is 2. The molecule has 2 aromatic heterocycles. The van der Waals surface area contributed by atoms with Crippen molar-refractivity contribution in [2.24, 2.45) is 4.99 Å². The predicted octanol–water partition coefficient (Wildman–Crippen LogP) is 4.03. The van der Waals surface area contributed by atoms with Crippen molar-refractivity contribution >= 4 is 33.6 Å². The number of aliphatic hydroxyl groups excluding tert-OH is 1. The topological polar surface area (TPSA) is 115 Å². The van der Waals surface area contributed by atoms with Gasteiger partial charge in [0, 0.05) is 32.9 Å². The molecule has 0 saturated heterocycles. The fourth-order valence-electron chi connectivity index (χ4n) is 3.70. The number of nitrogens with one attached hydrogen (secondary N) is 1. The van der Waals surface area contributed by atoms with Crippen molar-refractivity contribution < 1.29 is 46.6 Å². The summed E-state index contributed by atoms with van der Waals surface area (Å²) in [5.41, 5.74) is -0.657. The molecule has 0 radical (unpaired) electrons. The summed E-state index contributed by atoms with van der Waals surface area (Å²) in [6.45, 7) is 4.62. The van der Waals surface area contributed by atoms with Gasteiger partial charge in [-0.05, 0) is 38.0 Å². The van der Waals surface area contributed by atoms with Gasteiger partial charge in [-0.2, -0.15) is 22.7 Å². The molecule has 2 amide bonds. The van der Waals surface area contributed by atoms with Gasteiger partial charge >= 0.3 is 12.3 Å². The number of aliphatic hydroxyl groups is 1. The standard InChI is InChI=1S/C27H33F3N4O6S/c1-4-5-11-34-21-15-33(17-40-26(37)31-10-6-13-38-3)12-9-23(21)41-25(34)32-24(36)20-14-19(27(28,29)30)7-8-22(20)39-16-18(2)35/h7-9,12,14-15,18,35H,4-6,10-11,13,16-17H2,1-3H3/p+1/t18-/m0/s1. The number of fused-ring (bicyclic) bond motifs is 1. The minimum atomic E-state index is -4.67. The first-order valence-electron chi connectivity index (χ1n) is 13.1. The maximum Gasteiger partial charge on any atom is 0.416 e. The van der Waals surface area contributed by atoms with Crippen LogP contribution in [0.4, 0.5) is 18.0 Å². The first kappa shape index (κ1) is 32.0. The highest BCUT2D eigenvalue weighted by atomic mass is 32.1. The molecule has 0 aliphatic heterocycles. The van der Waals surface area contributed by atoms with Gasteiger partial charge in [0.05, 0.1) is 21.9 Å². The summed E-state index contributed by atoms with van der Waals surface area (Å²) < 4.78 is 60.1. The lowest BCUT2D eigenvalue weighted by Gasteiger charge is -2.13. The Morgan fingerprint density at radius 3 is 2.71 bits per heavy atom. The van der Waals surface area contributed by atoms with Crippen LogP contribution in [-0.2, 0) is 28.9 Å². The molecule has 2 N–H and O–H groups in total. The average molecular weight is 600 g/mol. The predicted molar refractivity (Wildman–Crippen MR) is 144 cm³/mol. The lowest BCUT2D eigenvalue weighted by Crippen LogP contribution is -2.38. The number of ether oxygens (including phenoxy) is 3. The van der Waals surface area contributed by atoms with E-state index in [4.69, 9.17) is 14.2 Å². The molecule has 0 aliphatic rings. The number of alkyl halides is 3. The van der Waals surface area contributed by atoms with E-state index in [2.05, 4.69) is 10.3 Å². The molecule has 2 heterocycles. The largest absolute Gasteiger partial charge is 0.490 e. The Morgan fingerprint density at radius 1 is 1.24 bits per heavy atom. The SMILES string of the molecule is CCCCn1c(=NC(=O)c2cc(C(F)(F)F)ccc2OC[C@H](C)O)sc2cc[n+](COC(=O)NCCCOC)cc21. The molecule has 0 unspecified atom stereocenters. The number of aryl methyl sites for hydroxylation is 1. The van der Waals surface area contributed by atoms with E-state index in [1.54, 1.807) is 30.1 Å². The molecule has 10 nitrogen and oxygen atoms in total. The molecule has 3 aromatic rings. The van der Waals surface area contributed by atoms with Crippen molar-refractivity contribution in [3.05, 3.63) is 52.6 Å². The second kappa shape index (κ2) is 14.9. The Bertz CT molecular complexity index is 1400. The molecule has 1 atom stereocenters. The highest BCUT2D eigenvalue weighted by Gasteiger charge is 2.32. The number of benzene rings is 1. The maximum absolute atomic E-state index is 13.4. The number of carbonyl (C=O) groups is 2. The minimum absolute atomic E-state index is 0.0602. The van der Waals surface area contributed by atoms with Crippen molar-refractivity contribution in [2.45, 2.75) is 58.7 Å². The summed E-state index contributed by atoms with van der Waals surface area (Å²) in [6, 6.07) is 4.36. The van der Waals surface area contributed by atoms with E-state index in [1.807, 2.05) is 11.5 Å². The van der Waals surface area contributed by atoms with Crippen molar-refractivity contribution in [1.29, 1.82) is 0 Å². The number of carbonyl (C=O) groups excluding carboxylic acids is 2. The molecule has 0 bridgehead atoms. The fraction of sp³-hybridized carbons (Fsp3) is 0.481. The number of alkyl carbamates (subject to hydrolysis) is 1. The summed E-state index contributed by atoms with van der Waals surface area (Å²) in [5.74, 6) is -1.01. The molecule has 41 heavy (non-hydrogen) atoms. The van der Waals surface area contributed by atoms with E-state index < -0.39 is 29.8 Å². The molecular formula is C27H34F3N4O6S+. The molecule has 0 fully saturated rings. The number of thiazole rings is 1. The molecule has 0 aliphatic carbocycles. The Hall–Kier alpha value is -3.49. The Labute approximate surface area is 239 Å². The molecule has 224 valence electrons. The number of methoxy groups -OCH3 is 1. The van der Waals surface area contributed by atoms with Crippen LogP contribution in [0.1, 0.15) is 49.0 Å². The summed E-state index contributed by atoms with van der Waals surface area (Å²) in [5, 5.41) is 12.2. The van der Waals surface area contributed by atoms with Gasteiger partial charge in [-0.1, -0.05) is 24.7 Å². The first-order chi connectivity index (χ1) is 19.5. The van der Waals surface area contributed by atoms with Gasteiger partial charge in [0.15, 0.2) is 17.2 Å². The zero-order chi connectivity index (χ0) is 30.0. The van der Waals surface area contributed by atoms with Crippen LogP contribution < -0.4 is 19.4 Å². The van der Waals surface area contributed by atoms with E-state index in [-0.39, 0.29) is 24.7 Å².